The normalized spacial score (nSPS) is 30.8. The van der Waals surface area contributed by atoms with E-state index in [0.717, 1.165) is 36.1 Å². The Morgan fingerprint density at radius 2 is 1.83 bits per heavy atom. The minimum atomic E-state index is 0.0891. The van der Waals surface area contributed by atoms with Crippen LogP contribution in [-0.4, -0.2) is 6.29 Å². The van der Waals surface area contributed by atoms with Gasteiger partial charge in [0, 0.05) is 21.0 Å². The Morgan fingerprint density at radius 1 is 1.09 bits per heavy atom. The third-order valence-corrected chi connectivity index (χ3v) is 5.95. The summed E-state index contributed by atoms with van der Waals surface area (Å²) >= 11 is 18.6. The molecule has 0 amide bonds. The van der Waals surface area contributed by atoms with E-state index in [4.69, 9.17) is 34.8 Å². The van der Waals surface area contributed by atoms with E-state index in [-0.39, 0.29) is 11.8 Å². The predicted octanol–water partition coefficient (Wildman–Crippen LogP) is 6.39. The molecule has 0 heterocycles. The van der Waals surface area contributed by atoms with E-state index in [1.165, 1.54) is 5.57 Å². The van der Waals surface area contributed by atoms with Crippen LogP contribution >= 0.6 is 34.8 Å². The molecule has 0 radical (unpaired) electrons. The minimum Gasteiger partial charge on any atom is -0.303 e. The van der Waals surface area contributed by atoms with Gasteiger partial charge in [-0.3, -0.25) is 0 Å². The summed E-state index contributed by atoms with van der Waals surface area (Å²) in [5, 5.41) is 2.23. The predicted molar refractivity (Wildman–Crippen MR) is 97.3 cm³/mol. The molecule has 3 rings (SSSR count). The summed E-state index contributed by atoms with van der Waals surface area (Å²) in [5.41, 5.74) is 2.48. The average Bonchev–Trinajstić information content (AvgIpc) is 2.91. The van der Waals surface area contributed by atoms with Crippen molar-refractivity contribution in [2.75, 3.05) is 0 Å². The minimum absolute atomic E-state index is 0.0891. The molecule has 0 saturated heterocycles. The van der Waals surface area contributed by atoms with Crippen LogP contribution in [0.2, 0.25) is 10.0 Å². The number of carbonyl (C=O) groups excluding carboxylic acids is 1. The van der Waals surface area contributed by atoms with Gasteiger partial charge in [0.25, 0.3) is 0 Å². The van der Waals surface area contributed by atoms with E-state index >= 15 is 0 Å². The summed E-state index contributed by atoms with van der Waals surface area (Å²) in [6, 6.07) is 5.68. The Balaban J connectivity index is 1.98. The van der Waals surface area contributed by atoms with Gasteiger partial charge < -0.3 is 4.79 Å². The lowest BCUT2D eigenvalue weighted by Crippen LogP contribution is -2.17. The molecule has 2 aliphatic carbocycles. The van der Waals surface area contributed by atoms with Gasteiger partial charge in [0.15, 0.2) is 0 Å². The highest BCUT2D eigenvalue weighted by atomic mass is 35.5. The van der Waals surface area contributed by atoms with Gasteiger partial charge in [-0.1, -0.05) is 59.4 Å². The smallest absolute Gasteiger partial charge is 0.123 e. The van der Waals surface area contributed by atoms with E-state index < -0.39 is 0 Å². The second kappa shape index (κ2) is 7.01. The van der Waals surface area contributed by atoms with E-state index in [0.29, 0.717) is 21.9 Å². The molecule has 122 valence electrons. The van der Waals surface area contributed by atoms with Crippen LogP contribution in [0.3, 0.4) is 0 Å². The average molecular weight is 370 g/mol. The summed E-state index contributed by atoms with van der Waals surface area (Å²) < 4.78 is 0. The lowest BCUT2D eigenvalue weighted by molar-refractivity contribution is -0.111. The fraction of sp³-hybridized carbons (Fsp3) is 0.421. The molecule has 2 aliphatic rings. The molecule has 2 unspecified atom stereocenters. The number of rotatable bonds is 3. The lowest BCUT2D eigenvalue weighted by Gasteiger charge is -2.29. The van der Waals surface area contributed by atoms with Gasteiger partial charge >= 0.3 is 0 Å². The second-order valence-electron chi connectivity index (χ2n) is 6.63. The van der Waals surface area contributed by atoms with Crippen molar-refractivity contribution in [3.05, 3.63) is 56.6 Å². The quantitative estimate of drug-likeness (QED) is 0.564. The Hall–Kier alpha value is -0.760. The summed E-state index contributed by atoms with van der Waals surface area (Å²) in [6.07, 6.45) is 7.83. The van der Waals surface area contributed by atoms with Gasteiger partial charge in [-0.2, -0.15) is 0 Å². The SMILES string of the molecule is CC1CC(Cl)=CC=C1[C@H]1CC(C=O)C[C@H]1c1ccc(Cl)cc1Cl. The van der Waals surface area contributed by atoms with E-state index in [9.17, 15) is 4.79 Å². The van der Waals surface area contributed by atoms with Gasteiger partial charge in [0.05, 0.1) is 0 Å². The topological polar surface area (TPSA) is 17.1 Å². The monoisotopic (exact) mass is 368 g/mol. The van der Waals surface area contributed by atoms with Crippen molar-refractivity contribution in [2.45, 2.75) is 32.1 Å². The summed E-state index contributed by atoms with van der Waals surface area (Å²) in [7, 11) is 0. The van der Waals surface area contributed by atoms with Gasteiger partial charge in [-0.05, 0) is 60.8 Å². The number of hydrogen-bond donors (Lipinski definition) is 0. The van der Waals surface area contributed by atoms with Crippen molar-refractivity contribution >= 4 is 41.1 Å². The number of carbonyl (C=O) groups is 1. The molecule has 1 nitrogen and oxygen atoms in total. The molecule has 4 atom stereocenters. The van der Waals surface area contributed by atoms with Gasteiger partial charge in [-0.15, -0.1) is 0 Å². The molecule has 1 saturated carbocycles. The Morgan fingerprint density at radius 3 is 2.48 bits per heavy atom. The number of allylic oxidation sites excluding steroid dienone is 4. The maximum absolute atomic E-state index is 11.4. The zero-order chi connectivity index (χ0) is 16.6. The van der Waals surface area contributed by atoms with Gasteiger partial charge in [0.2, 0.25) is 0 Å². The molecule has 1 aromatic rings. The maximum Gasteiger partial charge on any atom is 0.123 e. The Bertz CT molecular complexity index is 677. The maximum atomic E-state index is 11.4. The van der Waals surface area contributed by atoms with E-state index in [2.05, 4.69) is 13.0 Å². The zero-order valence-electron chi connectivity index (χ0n) is 12.9. The van der Waals surface area contributed by atoms with Gasteiger partial charge in [-0.25, -0.2) is 0 Å². The zero-order valence-corrected chi connectivity index (χ0v) is 15.2. The van der Waals surface area contributed by atoms with Gasteiger partial charge in [0.1, 0.15) is 6.29 Å². The number of benzene rings is 1. The molecule has 23 heavy (non-hydrogen) atoms. The van der Waals surface area contributed by atoms with Crippen molar-refractivity contribution < 1.29 is 4.79 Å². The lowest BCUT2D eigenvalue weighted by atomic mass is 9.76. The number of halogens is 3. The Kier molecular flexibility index (Phi) is 5.20. The molecule has 0 spiro atoms. The largest absolute Gasteiger partial charge is 0.303 e. The summed E-state index contributed by atoms with van der Waals surface area (Å²) in [5.74, 6) is 1.08. The highest BCUT2D eigenvalue weighted by molar-refractivity contribution is 6.35. The van der Waals surface area contributed by atoms with Crippen molar-refractivity contribution in [2.24, 2.45) is 17.8 Å². The van der Waals surface area contributed by atoms with Crippen molar-refractivity contribution in [1.82, 2.24) is 0 Å². The number of aldehydes is 1. The van der Waals surface area contributed by atoms with Crippen LogP contribution in [0.15, 0.2) is 41.0 Å². The summed E-state index contributed by atoms with van der Waals surface area (Å²) in [4.78, 5) is 11.4. The second-order valence-corrected chi connectivity index (χ2v) is 7.96. The van der Waals surface area contributed by atoms with Crippen LogP contribution in [0.1, 0.15) is 37.7 Å². The molecule has 0 aliphatic heterocycles. The van der Waals surface area contributed by atoms with Crippen LogP contribution in [0, 0.1) is 17.8 Å². The van der Waals surface area contributed by atoms with Crippen LogP contribution in [-0.2, 0) is 4.79 Å². The third kappa shape index (κ3) is 3.52. The molecule has 0 aromatic heterocycles. The van der Waals surface area contributed by atoms with E-state index in [1.807, 2.05) is 18.2 Å². The standard InChI is InChI=1S/C19H19Cl3O/c1-11-6-13(20)2-4-15(11)17-7-12(10-23)8-18(17)16-5-3-14(21)9-19(16)22/h2-5,9-12,17-18H,6-8H2,1H3/t11?,12?,17-,18+/m1/s1. The van der Waals surface area contributed by atoms with Crippen LogP contribution in [0.25, 0.3) is 0 Å². The van der Waals surface area contributed by atoms with Crippen molar-refractivity contribution in [3.8, 4) is 0 Å². The molecule has 0 bridgehead atoms. The molecule has 1 aromatic carbocycles. The van der Waals surface area contributed by atoms with Crippen LogP contribution in [0.4, 0.5) is 0 Å². The molecular formula is C19H19Cl3O. The fourth-order valence-electron chi connectivity index (χ4n) is 4.02. The summed E-state index contributed by atoms with van der Waals surface area (Å²) in [6.45, 7) is 2.20. The first-order valence-corrected chi connectivity index (χ1v) is 9.09. The molecule has 4 heteroatoms. The molecular weight excluding hydrogens is 351 g/mol. The van der Waals surface area contributed by atoms with E-state index in [1.54, 1.807) is 6.07 Å². The highest BCUT2D eigenvalue weighted by Crippen LogP contribution is 2.50. The Labute approximate surface area is 152 Å². The first kappa shape index (κ1) is 17.1. The highest BCUT2D eigenvalue weighted by Gasteiger charge is 2.39. The first-order valence-electron chi connectivity index (χ1n) is 7.96. The van der Waals surface area contributed by atoms with Crippen molar-refractivity contribution in [3.63, 3.8) is 0 Å². The molecule has 0 N–H and O–H groups in total. The van der Waals surface area contributed by atoms with Crippen molar-refractivity contribution in [1.29, 1.82) is 0 Å². The molecule has 1 fully saturated rings. The van der Waals surface area contributed by atoms with Crippen LogP contribution < -0.4 is 0 Å². The third-order valence-electron chi connectivity index (χ3n) is 5.11. The van der Waals surface area contributed by atoms with Crippen LogP contribution in [0.5, 0.6) is 0 Å². The first-order chi connectivity index (χ1) is 11.0. The fourth-order valence-corrected chi connectivity index (χ4v) is 4.86. The number of hydrogen-bond acceptors (Lipinski definition) is 1.